The lowest BCUT2D eigenvalue weighted by atomic mass is 10.0. The number of H-pyrrole nitrogens is 1. The van der Waals surface area contributed by atoms with E-state index >= 15 is 0 Å². The number of aromatic nitrogens is 3. The normalized spacial score (nSPS) is 18.0. The molecule has 0 unspecified atom stereocenters. The fraction of sp³-hybridized carbons (Fsp3) is 0.400. The molecule has 1 aliphatic carbocycles. The number of nitrogens with zero attached hydrogens (tertiary/aromatic N) is 3. The number of hydrogen-bond acceptors (Lipinski definition) is 5. The fourth-order valence-electron chi connectivity index (χ4n) is 3.78. The van der Waals surface area contributed by atoms with Crippen molar-refractivity contribution < 1.29 is 0 Å². The molecule has 4 heterocycles. The van der Waals surface area contributed by atoms with Crippen molar-refractivity contribution in [2.45, 2.75) is 24.0 Å². The van der Waals surface area contributed by atoms with Crippen molar-refractivity contribution in [3.05, 3.63) is 46.5 Å². The fourth-order valence-corrected chi connectivity index (χ4v) is 4.84. The number of aryl methyl sites for hydroxylation is 1. The van der Waals surface area contributed by atoms with E-state index in [4.69, 9.17) is 4.98 Å². The Kier molecular flexibility index (Phi) is 4.02. The van der Waals surface area contributed by atoms with E-state index in [9.17, 15) is 4.79 Å². The minimum Gasteiger partial charge on any atom is -0.357 e. The monoisotopic (exact) mass is 381 g/mol. The first-order chi connectivity index (χ1) is 13.1. The standard InChI is InChI=1S/C20H23N5OS/c1-24-9-13(10-24)27-23-17-6-5-14(12-3-4-12)18(22-17)16-11-25(2)20(26)19-15(16)7-8-21-19/h5-8,11-13,21H,3-4,9-10H2,1-2H3,(H,22,23). The van der Waals surface area contributed by atoms with Crippen LogP contribution in [0, 0.1) is 0 Å². The van der Waals surface area contributed by atoms with E-state index in [0.717, 1.165) is 35.6 Å². The molecule has 2 N–H and O–H groups in total. The summed E-state index contributed by atoms with van der Waals surface area (Å²) in [7, 11) is 3.94. The lowest BCUT2D eigenvalue weighted by Gasteiger charge is -2.35. The van der Waals surface area contributed by atoms with Gasteiger partial charge in [-0.2, -0.15) is 0 Å². The molecule has 1 saturated carbocycles. The van der Waals surface area contributed by atoms with Gasteiger partial charge < -0.3 is 19.2 Å². The summed E-state index contributed by atoms with van der Waals surface area (Å²) < 4.78 is 5.08. The van der Waals surface area contributed by atoms with Crippen molar-refractivity contribution in [3.63, 3.8) is 0 Å². The van der Waals surface area contributed by atoms with Gasteiger partial charge in [0.05, 0.1) is 10.9 Å². The van der Waals surface area contributed by atoms with E-state index in [1.54, 1.807) is 23.6 Å². The minimum atomic E-state index is -0.00865. The first kappa shape index (κ1) is 16.9. The van der Waals surface area contributed by atoms with Gasteiger partial charge in [0.2, 0.25) is 0 Å². The summed E-state index contributed by atoms with van der Waals surface area (Å²) in [5.74, 6) is 1.47. The third-order valence-electron chi connectivity index (χ3n) is 5.45. The molecule has 3 aromatic rings. The molecule has 1 saturated heterocycles. The van der Waals surface area contributed by atoms with Crippen LogP contribution in [0.25, 0.3) is 22.2 Å². The average molecular weight is 382 g/mol. The van der Waals surface area contributed by atoms with Crippen LogP contribution in [0.5, 0.6) is 0 Å². The number of fused-ring (bicyclic) bond motifs is 1. The second kappa shape index (κ2) is 6.42. The Morgan fingerprint density at radius 3 is 2.78 bits per heavy atom. The summed E-state index contributed by atoms with van der Waals surface area (Å²) in [4.78, 5) is 22.8. The van der Waals surface area contributed by atoms with Gasteiger partial charge in [0.1, 0.15) is 11.3 Å². The van der Waals surface area contributed by atoms with Crippen LogP contribution < -0.4 is 10.3 Å². The van der Waals surface area contributed by atoms with Gasteiger partial charge in [-0.05, 0) is 55.5 Å². The highest BCUT2D eigenvalue weighted by Gasteiger charge is 2.29. The molecule has 5 rings (SSSR count). The highest BCUT2D eigenvalue weighted by molar-refractivity contribution is 8.01. The van der Waals surface area contributed by atoms with E-state index in [-0.39, 0.29) is 5.56 Å². The molecular formula is C20H23N5OS. The lowest BCUT2D eigenvalue weighted by Crippen LogP contribution is -2.46. The maximum absolute atomic E-state index is 12.4. The van der Waals surface area contributed by atoms with Crippen molar-refractivity contribution >= 4 is 28.7 Å². The SMILES string of the molecule is CN1CC(SNc2ccc(C3CC3)c(-c3cn(C)c(=O)c4[nH]ccc34)n2)C1. The van der Waals surface area contributed by atoms with Gasteiger partial charge in [-0.3, -0.25) is 4.79 Å². The molecule has 2 fully saturated rings. The number of anilines is 1. The summed E-state index contributed by atoms with van der Waals surface area (Å²) in [6.07, 6.45) is 6.18. The highest BCUT2D eigenvalue weighted by Crippen LogP contribution is 2.45. The zero-order valence-corrected chi connectivity index (χ0v) is 16.3. The van der Waals surface area contributed by atoms with Crippen LogP contribution in [0.1, 0.15) is 24.3 Å². The van der Waals surface area contributed by atoms with E-state index in [2.05, 4.69) is 33.8 Å². The Labute approximate surface area is 162 Å². The van der Waals surface area contributed by atoms with Crippen molar-refractivity contribution in [3.8, 4) is 11.3 Å². The Bertz CT molecular complexity index is 1060. The van der Waals surface area contributed by atoms with Crippen molar-refractivity contribution in [1.29, 1.82) is 0 Å². The summed E-state index contributed by atoms with van der Waals surface area (Å²) in [6, 6.07) is 6.27. The largest absolute Gasteiger partial charge is 0.357 e. The Morgan fingerprint density at radius 2 is 2.04 bits per heavy atom. The second-order valence-corrected chi connectivity index (χ2v) is 8.80. The summed E-state index contributed by atoms with van der Waals surface area (Å²) in [5.41, 5.74) is 3.94. The molecule has 6 nitrogen and oxygen atoms in total. The lowest BCUT2D eigenvalue weighted by molar-refractivity contribution is 0.240. The zero-order chi connectivity index (χ0) is 18.5. The number of likely N-dealkylation sites (tertiary alicyclic amines) is 1. The van der Waals surface area contributed by atoms with Crippen LogP contribution >= 0.6 is 11.9 Å². The molecule has 1 aliphatic heterocycles. The number of nitrogens with one attached hydrogen (secondary N) is 2. The minimum absolute atomic E-state index is 0.00865. The molecule has 0 amide bonds. The smallest absolute Gasteiger partial charge is 0.274 e. The van der Waals surface area contributed by atoms with Crippen LogP contribution in [-0.2, 0) is 7.05 Å². The van der Waals surface area contributed by atoms with Crippen LogP contribution in [0.4, 0.5) is 5.82 Å². The second-order valence-electron chi connectivity index (χ2n) is 7.70. The van der Waals surface area contributed by atoms with Gasteiger partial charge in [-0.15, -0.1) is 0 Å². The topological polar surface area (TPSA) is 65.9 Å². The first-order valence-corrected chi connectivity index (χ1v) is 10.3. The molecular weight excluding hydrogens is 358 g/mol. The molecule has 140 valence electrons. The van der Waals surface area contributed by atoms with Gasteiger partial charge in [0.15, 0.2) is 0 Å². The predicted molar refractivity (Wildman–Crippen MR) is 111 cm³/mol. The number of hydrogen-bond donors (Lipinski definition) is 2. The van der Waals surface area contributed by atoms with Gasteiger partial charge in [0.25, 0.3) is 5.56 Å². The molecule has 0 spiro atoms. The van der Waals surface area contributed by atoms with E-state index in [1.165, 1.54) is 18.4 Å². The molecule has 3 aromatic heterocycles. The molecule has 2 aliphatic rings. The van der Waals surface area contributed by atoms with Crippen LogP contribution in [0.3, 0.4) is 0 Å². The van der Waals surface area contributed by atoms with Crippen molar-refractivity contribution in [2.75, 3.05) is 24.9 Å². The van der Waals surface area contributed by atoms with Gasteiger partial charge in [0, 0.05) is 43.5 Å². The van der Waals surface area contributed by atoms with E-state index < -0.39 is 0 Å². The average Bonchev–Trinajstić information content (AvgIpc) is 3.36. The van der Waals surface area contributed by atoms with Crippen LogP contribution in [0.2, 0.25) is 0 Å². The third kappa shape index (κ3) is 3.04. The Hall–Kier alpha value is -2.25. The van der Waals surface area contributed by atoms with E-state index in [1.807, 2.05) is 18.5 Å². The maximum atomic E-state index is 12.4. The van der Waals surface area contributed by atoms with Gasteiger partial charge in [-0.1, -0.05) is 6.07 Å². The maximum Gasteiger partial charge on any atom is 0.274 e. The Morgan fingerprint density at radius 1 is 1.22 bits per heavy atom. The van der Waals surface area contributed by atoms with E-state index in [0.29, 0.717) is 16.7 Å². The van der Waals surface area contributed by atoms with Crippen molar-refractivity contribution in [2.24, 2.45) is 7.05 Å². The zero-order valence-electron chi connectivity index (χ0n) is 15.5. The number of rotatable bonds is 5. The molecule has 27 heavy (non-hydrogen) atoms. The third-order valence-corrected chi connectivity index (χ3v) is 6.41. The highest BCUT2D eigenvalue weighted by atomic mass is 32.2. The molecule has 0 aromatic carbocycles. The molecule has 0 atom stereocenters. The quantitative estimate of drug-likeness (QED) is 0.665. The summed E-state index contributed by atoms with van der Waals surface area (Å²) in [6.45, 7) is 2.21. The summed E-state index contributed by atoms with van der Waals surface area (Å²) in [5, 5.41) is 1.55. The number of aromatic amines is 1. The van der Waals surface area contributed by atoms with Crippen LogP contribution in [0.15, 0.2) is 35.4 Å². The van der Waals surface area contributed by atoms with Crippen molar-refractivity contribution in [1.82, 2.24) is 19.4 Å². The summed E-state index contributed by atoms with van der Waals surface area (Å²) >= 11 is 1.75. The predicted octanol–water partition coefficient (Wildman–Crippen LogP) is 3.18. The first-order valence-electron chi connectivity index (χ1n) is 9.38. The van der Waals surface area contributed by atoms with Crippen LogP contribution in [-0.4, -0.2) is 44.8 Å². The number of pyridine rings is 2. The van der Waals surface area contributed by atoms with Gasteiger partial charge in [-0.25, -0.2) is 4.98 Å². The Balaban J connectivity index is 1.56. The molecule has 7 heteroatoms. The molecule has 0 radical (unpaired) electrons. The van der Waals surface area contributed by atoms with Gasteiger partial charge >= 0.3 is 0 Å². The molecule has 0 bridgehead atoms.